The minimum Gasteiger partial charge on any atom is -0.489 e. The molecular weight excluding hydrogens is 348 g/mol. The van der Waals surface area contributed by atoms with E-state index in [0.717, 1.165) is 29.8 Å². The summed E-state index contributed by atoms with van der Waals surface area (Å²) < 4.78 is 19.0. The zero-order chi connectivity index (χ0) is 17.5. The van der Waals surface area contributed by atoms with E-state index in [1.807, 2.05) is 12.1 Å². The van der Waals surface area contributed by atoms with Crippen molar-refractivity contribution in [3.63, 3.8) is 0 Å². The Morgan fingerprint density at radius 3 is 2.58 bits per heavy atom. The first-order chi connectivity index (χ1) is 11.5. The summed E-state index contributed by atoms with van der Waals surface area (Å²) in [5.41, 5.74) is 1.73. The standard InChI is InChI=1S/C19H22Cl2FNO/c1-13(2)7-8-23-11-15-9-16(20)4-6-19(15)24-12-14-3-5-17(22)10-18(14)21/h3-6,9-10,13,23H,7-8,11-12H2,1-2H3. The monoisotopic (exact) mass is 369 g/mol. The lowest BCUT2D eigenvalue weighted by Gasteiger charge is -2.14. The molecule has 0 heterocycles. The average molecular weight is 370 g/mol. The second kappa shape index (κ2) is 9.26. The van der Waals surface area contributed by atoms with Crippen molar-refractivity contribution in [3.8, 4) is 5.75 Å². The number of ether oxygens (including phenoxy) is 1. The molecule has 1 N–H and O–H groups in total. The summed E-state index contributed by atoms with van der Waals surface area (Å²) in [6.07, 6.45) is 1.11. The second-order valence-corrected chi connectivity index (χ2v) is 6.98. The highest BCUT2D eigenvalue weighted by Gasteiger charge is 2.08. The lowest BCUT2D eigenvalue weighted by Crippen LogP contribution is -2.17. The van der Waals surface area contributed by atoms with Crippen LogP contribution >= 0.6 is 23.2 Å². The van der Waals surface area contributed by atoms with Crippen LogP contribution in [0.5, 0.6) is 5.75 Å². The number of hydrogen-bond acceptors (Lipinski definition) is 2. The Morgan fingerprint density at radius 2 is 1.88 bits per heavy atom. The van der Waals surface area contributed by atoms with Crippen molar-refractivity contribution in [2.24, 2.45) is 5.92 Å². The molecule has 0 aliphatic carbocycles. The van der Waals surface area contributed by atoms with Crippen molar-refractivity contribution in [2.75, 3.05) is 6.54 Å². The van der Waals surface area contributed by atoms with E-state index in [2.05, 4.69) is 19.2 Å². The van der Waals surface area contributed by atoms with E-state index in [1.165, 1.54) is 12.1 Å². The van der Waals surface area contributed by atoms with Gasteiger partial charge in [-0.05, 0) is 49.2 Å². The third kappa shape index (κ3) is 5.97. The lowest BCUT2D eigenvalue weighted by molar-refractivity contribution is 0.302. The van der Waals surface area contributed by atoms with Gasteiger partial charge in [-0.15, -0.1) is 0 Å². The Bertz CT molecular complexity index is 676. The zero-order valence-electron chi connectivity index (χ0n) is 13.9. The molecule has 2 aromatic rings. The first-order valence-electron chi connectivity index (χ1n) is 8.01. The molecule has 0 bridgehead atoms. The fraction of sp³-hybridized carbons (Fsp3) is 0.368. The molecule has 2 rings (SSSR count). The van der Waals surface area contributed by atoms with Crippen LogP contribution in [-0.2, 0) is 13.2 Å². The fourth-order valence-electron chi connectivity index (χ4n) is 2.24. The minimum atomic E-state index is -0.356. The number of benzene rings is 2. The molecule has 0 radical (unpaired) electrons. The van der Waals surface area contributed by atoms with Crippen molar-refractivity contribution in [1.82, 2.24) is 5.32 Å². The van der Waals surface area contributed by atoms with Crippen LogP contribution < -0.4 is 10.1 Å². The normalized spacial score (nSPS) is 11.1. The van der Waals surface area contributed by atoms with Crippen LogP contribution in [0.25, 0.3) is 0 Å². The molecule has 0 aromatic heterocycles. The Balaban J connectivity index is 2.01. The smallest absolute Gasteiger partial charge is 0.124 e. The minimum absolute atomic E-state index is 0.278. The molecule has 0 aliphatic heterocycles. The van der Waals surface area contributed by atoms with Gasteiger partial charge in [0.05, 0.1) is 5.02 Å². The summed E-state index contributed by atoms with van der Waals surface area (Å²) in [4.78, 5) is 0. The summed E-state index contributed by atoms with van der Waals surface area (Å²) in [7, 11) is 0. The van der Waals surface area contributed by atoms with Gasteiger partial charge in [-0.25, -0.2) is 4.39 Å². The molecule has 0 saturated heterocycles. The van der Waals surface area contributed by atoms with Gasteiger partial charge in [0.25, 0.3) is 0 Å². The molecule has 0 aliphatic rings. The molecule has 24 heavy (non-hydrogen) atoms. The second-order valence-electron chi connectivity index (χ2n) is 6.14. The molecule has 2 nitrogen and oxygen atoms in total. The molecule has 130 valence electrons. The van der Waals surface area contributed by atoms with Crippen molar-refractivity contribution in [2.45, 2.75) is 33.4 Å². The van der Waals surface area contributed by atoms with E-state index in [-0.39, 0.29) is 12.4 Å². The van der Waals surface area contributed by atoms with Gasteiger partial charge < -0.3 is 10.1 Å². The van der Waals surface area contributed by atoms with Crippen LogP contribution in [-0.4, -0.2) is 6.54 Å². The maximum absolute atomic E-state index is 13.1. The van der Waals surface area contributed by atoms with E-state index in [9.17, 15) is 4.39 Å². The molecule has 0 atom stereocenters. The quantitative estimate of drug-likeness (QED) is 0.589. The van der Waals surface area contributed by atoms with Crippen molar-refractivity contribution in [3.05, 3.63) is 63.4 Å². The topological polar surface area (TPSA) is 21.3 Å². The highest BCUT2D eigenvalue weighted by molar-refractivity contribution is 6.31. The van der Waals surface area contributed by atoms with Crippen molar-refractivity contribution >= 4 is 23.2 Å². The third-order valence-electron chi connectivity index (χ3n) is 3.63. The zero-order valence-corrected chi connectivity index (χ0v) is 15.4. The first-order valence-corrected chi connectivity index (χ1v) is 8.77. The molecule has 0 fully saturated rings. The highest BCUT2D eigenvalue weighted by atomic mass is 35.5. The van der Waals surface area contributed by atoms with Gasteiger partial charge in [-0.2, -0.15) is 0 Å². The van der Waals surface area contributed by atoms with Crippen LogP contribution in [0.4, 0.5) is 4.39 Å². The summed E-state index contributed by atoms with van der Waals surface area (Å²) in [6.45, 7) is 6.29. The average Bonchev–Trinajstić information content (AvgIpc) is 2.52. The summed E-state index contributed by atoms with van der Waals surface area (Å²) in [6, 6.07) is 9.83. The van der Waals surface area contributed by atoms with Gasteiger partial charge in [-0.3, -0.25) is 0 Å². The van der Waals surface area contributed by atoms with Crippen molar-refractivity contribution < 1.29 is 9.13 Å². The van der Waals surface area contributed by atoms with Gasteiger partial charge in [0.15, 0.2) is 0 Å². The van der Waals surface area contributed by atoms with Gasteiger partial charge in [0.1, 0.15) is 18.2 Å². The van der Waals surface area contributed by atoms with E-state index in [4.69, 9.17) is 27.9 Å². The fourth-order valence-corrected chi connectivity index (χ4v) is 2.65. The van der Waals surface area contributed by atoms with Crippen LogP contribution in [0.3, 0.4) is 0 Å². The SMILES string of the molecule is CC(C)CCNCc1cc(Cl)ccc1OCc1ccc(F)cc1Cl. The molecular formula is C19H22Cl2FNO. The lowest BCUT2D eigenvalue weighted by atomic mass is 10.1. The van der Waals surface area contributed by atoms with Gasteiger partial charge in [0, 0.05) is 22.7 Å². The Labute approximate surface area is 152 Å². The Morgan fingerprint density at radius 1 is 1.08 bits per heavy atom. The number of hydrogen-bond donors (Lipinski definition) is 1. The van der Waals surface area contributed by atoms with Crippen LogP contribution in [0.15, 0.2) is 36.4 Å². The molecule has 0 amide bonds. The number of rotatable bonds is 8. The molecule has 2 aromatic carbocycles. The first kappa shape index (κ1) is 19.0. The predicted molar refractivity (Wildman–Crippen MR) is 98.4 cm³/mol. The molecule has 0 spiro atoms. The molecule has 0 saturated carbocycles. The van der Waals surface area contributed by atoms with Crippen molar-refractivity contribution in [1.29, 1.82) is 0 Å². The van der Waals surface area contributed by atoms with E-state index < -0.39 is 0 Å². The predicted octanol–water partition coefficient (Wildman–Crippen LogP) is 5.85. The van der Waals surface area contributed by atoms with Crippen LogP contribution in [0.1, 0.15) is 31.4 Å². The Hall–Kier alpha value is -1.29. The summed E-state index contributed by atoms with van der Waals surface area (Å²) in [5, 5.41) is 4.43. The maximum Gasteiger partial charge on any atom is 0.124 e. The maximum atomic E-state index is 13.1. The largest absolute Gasteiger partial charge is 0.489 e. The Kier molecular flexibility index (Phi) is 7.35. The van der Waals surface area contributed by atoms with Gasteiger partial charge in [0.2, 0.25) is 0 Å². The van der Waals surface area contributed by atoms with E-state index in [0.29, 0.717) is 22.5 Å². The number of halogens is 3. The van der Waals surface area contributed by atoms with E-state index >= 15 is 0 Å². The van der Waals surface area contributed by atoms with Gasteiger partial charge in [-0.1, -0.05) is 43.1 Å². The van der Waals surface area contributed by atoms with Crippen LogP contribution in [0, 0.1) is 11.7 Å². The number of nitrogens with one attached hydrogen (secondary N) is 1. The van der Waals surface area contributed by atoms with E-state index in [1.54, 1.807) is 12.1 Å². The van der Waals surface area contributed by atoms with Crippen LogP contribution in [0.2, 0.25) is 10.0 Å². The third-order valence-corrected chi connectivity index (χ3v) is 4.22. The van der Waals surface area contributed by atoms with Gasteiger partial charge >= 0.3 is 0 Å². The summed E-state index contributed by atoms with van der Waals surface area (Å²) >= 11 is 12.1. The summed E-state index contributed by atoms with van der Waals surface area (Å²) in [5.74, 6) is 1.05. The molecule has 0 unspecified atom stereocenters. The molecule has 5 heteroatoms. The highest BCUT2D eigenvalue weighted by Crippen LogP contribution is 2.25.